The van der Waals surface area contributed by atoms with E-state index in [9.17, 15) is 29.4 Å². The van der Waals surface area contributed by atoms with Gasteiger partial charge in [-0.15, -0.1) is 0 Å². The van der Waals surface area contributed by atoms with Gasteiger partial charge in [0.2, 0.25) is 0 Å². The summed E-state index contributed by atoms with van der Waals surface area (Å²) in [4.78, 5) is 51.3. The first-order valence-electron chi connectivity index (χ1n) is 9.40. The van der Waals surface area contributed by atoms with Crippen molar-refractivity contribution in [1.82, 2.24) is 0 Å². The lowest BCUT2D eigenvalue weighted by molar-refractivity contribution is -0.161. The topological polar surface area (TPSA) is 146 Å². The Hall–Kier alpha value is -3.04. The van der Waals surface area contributed by atoms with Crippen molar-refractivity contribution in [2.75, 3.05) is 28.4 Å². The van der Waals surface area contributed by atoms with Crippen LogP contribution >= 0.6 is 0 Å². The lowest BCUT2D eigenvalue weighted by atomic mass is 9.50. The first-order chi connectivity index (χ1) is 14.2. The number of aliphatic hydroxyl groups is 2. The van der Waals surface area contributed by atoms with Crippen LogP contribution in [0.2, 0.25) is 0 Å². The molecular weight excluding hydrogens is 400 g/mol. The van der Waals surface area contributed by atoms with Gasteiger partial charge in [-0.2, -0.15) is 0 Å². The highest BCUT2D eigenvalue weighted by Crippen LogP contribution is 2.76. The minimum absolute atomic E-state index is 0.110. The summed E-state index contributed by atoms with van der Waals surface area (Å²) in [5, 5.41) is 22.2. The molecule has 0 radical (unpaired) electrons. The number of carbonyl (C=O) groups excluding carboxylic acids is 4. The molecule has 0 saturated heterocycles. The smallest absolute Gasteiger partial charge is 0.337 e. The fourth-order valence-electron chi connectivity index (χ4n) is 5.89. The van der Waals surface area contributed by atoms with Crippen LogP contribution in [0.25, 0.3) is 0 Å². The van der Waals surface area contributed by atoms with Crippen molar-refractivity contribution in [3.05, 3.63) is 22.7 Å². The Kier molecular flexibility index (Phi) is 5.30. The van der Waals surface area contributed by atoms with E-state index in [4.69, 9.17) is 18.9 Å². The van der Waals surface area contributed by atoms with Gasteiger partial charge in [-0.3, -0.25) is 9.59 Å². The zero-order valence-corrected chi connectivity index (χ0v) is 17.1. The predicted molar refractivity (Wildman–Crippen MR) is 97.7 cm³/mol. The second-order valence-corrected chi connectivity index (χ2v) is 7.57. The van der Waals surface area contributed by atoms with Crippen LogP contribution in [0.15, 0.2) is 22.7 Å². The number of carbonyl (C=O) groups is 4. The van der Waals surface area contributed by atoms with Crippen LogP contribution in [0.5, 0.6) is 0 Å². The molecule has 0 bridgehead atoms. The van der Waals surface area contributed by atoms with E-state index in [-0.39, 0.29) is 24.0 Å². The molecule has 3 rings (SSSR count). The predicted octanol–water partition coefficient (Wildman–Crippen LogP) is 1.11. The van der Waals surface area contributed by atoms with E-state index in [0.717, 1.165) is 28.4 Å². The molecule has 1 fully saturated rings. The van der Waals surface area contributed by atoms with Crippen molar-refractivity contribution >= 4 is 23.9 Å². The van der Waals surface area contributed by atoms with Crippen molar-refractivity contribution < 1.29 is 48.3 Å². The Morgan fingerprint density at radius 2 is 1.03 bits per heavy atom. The Labute approximate surface area is 172 Å². The molecule has 0 heterocycles. The Balaban J connectivity index is 2.48. The van der Waals surface area contributed by atoms with E-state index in [0.29, 0.717) is 12.8 Å². The van der Waals surface area contributed by atoms with E-state index >= 15 is 0 Å². The lowest BCUT2D eigenvalue weighted by Crippen LogP contribution is -2.53. The lowest BCUT2D eigenvalue weighted by Gasteiger charge is -2.49. The Morgan fingerprint density at radius 1 is 0.700 bits per heavy atom. The highest BCUT2D eigenvalue weighted by atomic mass is 16.5. The van der Waals surface area contributed by atoms with E-state index < -0.39 is 58.1 Å². The van der Waals surface area contributed by atoms with Gasteiger partial charge in [-0.05, 0) is 12.8 Å². The number of aliphatic hydroxyl groups excluding tert-OH is 2. The van der Waals surface area contributed by atoms with Gasteiger partial charge in [0.15, 0.2) is 0 Å². The largest absolute Gasteiger partial charge is 0.511 e. The van der Waals surface area contributed by atoms with Crippen molar-refractivity contribution in [3.8, 4) is 0 Å². The summed E-state index contributed by atoms with van der Waals surface area (Å²) in [6.07, 6.45) is 1.22. The molecule has 1 saturated carbocycles. The molecule has 0 aliphatic heterocycles. The molecule has 10 heteroatoms. The van der Waals surface area contributed by atoms with Crippen LogP contribution in [0.4, 0.5) is 0 Å². The maximum Gasteiger partial charge on any atom is 0.337 e. The molecule has 3 aliphatic rings. The standard InChI is InChI=1S/C20H24O10/c1-27-15(23)9-13(21)10(16(24)28-2)20-8-6-5-7-19(9,20)11(17(25)29-3)14(22)12(20)18(26)30-4/h9,12,21-22H,5-8H2,1-4H3/t9-,12-,19-,20-/m1/s1. The number of ether oxygens (including phenoxy) is 4. The molecule has 0 aromatic heterocycles. The van der Waals surface area contributed by atoms with E-state index in [1.54, 1.807) is 0 Å². The van der Waals surface area contributed by atoms with Gasteiger partial charge < -0.3 is 29.2 Å². The molecule has 0 aromatic rings. The van der Waals surface area contributed by atoms with Crippen LogP contribution in [0, 0.1) is 22.7 Å². The fourth-order valence-corrected chi connectivity index (χ4v) is 5.89. The van der Waals surface area contributed by atoms with E-state index in [1.165, 1.54) is 0 Å². The number of rotatable bonds is 4. The second-order valence-electron chi connectivity index (χ2n) is 7.57. The number of esters is 4. The molecule has 30 heavy (non-hydrogen) atoms. The zero-order chi connectivity index (χ0) is 22.4. The van der Waals surface area contributed by atoms with Gasteiger partial charge in [0.1, 0.15) is 23.4 Å². The van der Waals surface area contributed by atoms with Crippen molar-refractivity contribution in [2.24, 2.45) is 22.7 Å². The summed E-state index contributed by atoms with van der Waals surface area (Å²) in [5.41, 5.74) is -3.94. The maximum atomic E-state index is 12.8. The number of hydrogen-bond acceptors (Lipinski definition) is 10. The summed E-state index contributed by atoms with van der Waals surface area (Å²) < 4.78 is 19.5. The van der Waals surface area contributed by atoms with Gasteiger partial charge in [0.25, 0.3) is 0 Å². The fraction of sp³-hybridized carbons (Fsp3) is 0.600. The second kappa shape index (κ2) is 7.33. The summed E-state index contributed by atoms with van der Waals surface area (Å²) in [7, 11) is 4.37. The van der Waals surface area contributed by atoms with Crippen LogP contribution < -0.4 is 0 Å². The zero-order valence-electron chi connectivity index (χ0n) is 17.1. The van der Waals surface area contributed by atoms with Crippen molar-refractivity contribution in [3.63, 3.8) is 0 Å². The molecule has 0 spiro atoms. The molecule has 0 unspecified atom stereocenters. The first-order valence-corrected chi connectivity index (χ1v) is 9.40. The monoisotopic (exact) mass is 424 g/mol. The van der Waals surface area contributed by atoms with Gasteiger partial charge in [-0.1, -0.05) is 12.8 Å². The van der Waals surface area contributed by atoms with Crippen LogP contribution in [0.1, 0.15) is 25.7 Å². The van der Waals surface area contributed by atoms with Crippen LogP contribution in [0.3, 0.4) is 0 Å². The van der Waals surface area contributed by atoms with Gasteiger partial charge in [-0.25, -0.2) is 9.59 Å². The van der Waals surface area contributed by atoms with Gasteiger partial charge >= 0.3 is 23.9 Å². The third-order valence-corrected chi connectivity index (χ3v) is 6.78. The van der Waals surface area contributed by atoms with Crippen LogP contribution in [-0.2, 0) is 38.1 Å². The third kappa shape index (κ3) is 2.30. The number of methoxy groups -OCH3 is 4. The molecular formula is C20H24O10. The molecule has 4 atom stereocenters. The van der Waals surface area contributed by atoms with E-state index in [1.807, 2.05) is 0 Å². The molecule has 164 valence electrons. The van der Waals surface area contributed by atoms with Crippen molar-refractivity contribution in [1.29, 1.82) is 0 Å². The Bertz CT molecular complexity index is 812. The summed E-state index contributed by atoms with van der Waals surface area (Å²) >= 11 is 0. The first kappa shape index (κ1) is 21.7. The SMILES string of the molecule is COC(=O)C1=C(O)[C@H](C(=O)OC)[C@]23CCCC[C@@]12[C@@H](C(=O)OC)C(O)=C3C(=O)OC. The minimum atomic E-state index is -1.64. The minimum Gasteiger partial charge on any atom is -0.511 e. The average molecular weight is 424 g/mol. The molecule has 3 aliphatic carbocycles. The molecule has 0 amide bonds. The highest BCUT2D eigenvalue weighted by molar-refractivity contribution is 6.03. The van der Waals surface area contributed by atoms with Gasteiger partial charge in [0, 0.05) is 10.8 Å². The molecule has 0 aromatic carbocycles. The highest BCUT2D eigenvalue weighted by Gasteiger charge is 2.79. The normalized spacial score (nSPS) is 32.3. The number of hydrogen-bond donors (Lipinski definition) is 2. The summed E-state index contributed by atoms with van der Waals surface area (Å²) in [6, 6.07) is 0. The summed E-state index contributed by atoms with van der Waals surface area (Å²) in [5.74, 6) is -8.09. The average Bonchev–Trinajstić information content (AvgIpc) is 3.11. The van der Waals surface area contributed by atoms with Crippen molar-refractivity contribution in [2.45, 2.75) is 25.7 Å². The quantitative estimate of drug-likeness (QED) is 0.497. The molecule has 10 nitrogen and oxygen atoms in total. The maximum absolute atomic E-state index is 12.8. The van der Waals surface area contributed by atoms with E-state index in [2.05, 4.69) is 0 Å². The van der Waals surface area contributed by atoms with Gasteiger partial charge in [0.05, 0.1) is 39.6 Å². The van der Waals surface area contributed by atoms with Crippen LogP contribution in [-0.4, -0.2) is 62.5 Å². The summed E-state index contributed by atoms with van der Waals surface area (Å²) in [6.45, 7) is 0. The third-order valence-electron chi connectivity index (χ3n) is 6.78. The Morgan fingerprint density at radius 3 is 1.30 bits per heavy atom. The molecule has 2 N–H and O–H groups in total.